The Labute approximate surface area is 220 Å². The van der Waals surface area contributed by atoms with Crippen molar-refractivity contribution >= 4 is 11.5 Å². The number of ether oxygens (including phenoxy) is 1. The third-order valence-corrected chi connectivity index (χ3v) is 8.96. The average Bonchev–Trinajstić information content (AvgIpc) is 2.95. The molecule has 1 aliphatic carbocycles. The normalized spacial score (nSPS) is 24.5. The smallest absolute Gasteiger partial charge is 0.350 e. The molecule has 3 fully saturated rings. The van der Waals surface area contributed by atoms with E-state index in [2.05, 4.69) is 44.0 Å². The van der Waals surface area contributed by atoms with Gasteiger partial charge in [0.25, 0.3) is 0 Å². The summed E-state index contributed by atoms with van der Waals surface area (Å²) in [5.41, 5.74) is 2.06. The average molecular weight is 507 g/mol. The molecule has 8 nitrogen and oxygen atoms in total. The van der Waals surface area contributed by atoms with Crippen molar-refractivity contribution in [2.45, 2.75) is 69.7 Å². The Hall–Kier alpha value is -2.42. The van der Waals surface area contributed by atoms with E-state index in [1.54, 1.807) is 0 Å². The summed E-state index contributed by atoms with van der Waals surface area (Å²) in [6.07, 6.45) is 12.6. The number of anilines is 2. The number of nitrogens with one attached hydrogen (secondary N) is 3. The summed E-state index contributed by atoms with van der Waals surface area (Å²) in [4.78, 5) is 20.0. The van der Waals surface area contributed by atoms with Gasteiger partial charge in [-0.2, -0.15) is 4.98 Å². The third kappa shape index (κ3) is 5.86. The Bertz CT molecular complexity index is 1110. The third-order valence-electron chi connectivity index (χ3n) is 8.96. The molecule has 0 bridgehead atoms. The molecule has 1 aromatic carbocycles. The summed E-state index contributed by atoms with van der Waals surface area (Å²) < 4.78 is 8.07. The van der Waals surface area contributed by atoms with E-state index in [4.69, 9.17) is 4.74 Å². The van der Waals surface area contributed by atoms with E-state index in [0.29, 0.717) is 17.5 Å². The number of rotatable bonds is 7. The molecule has 0 atom stereocenters. The molecule has 200 valence electrons. The van der Waals surface area contributed by atoms with Gasteiger partial charge in [0.1, 0.15) is 0 Å². The van der Waals surface area contributed by atoms with Crippen LogP contribution in [-0.2, 0) is 0 Å². The fourth-order valence-electron chi connectivity index (χ4n) is 6.68. The molecule has 37 heavy (non-hydrogen) atoms. The van der Waals surface area contributed by atoms with Crippen molar-refractivity contribution in [3.63, 3.8) is 0 Å². The number of hydrogen-bond acceptors (Lipinski definition) is 7. The SMILES string of the molecule is O=c1nc2c(cn1C1CCC(CCCCN3CCNCC3)CC1)Oc1ccc(C3CCNCC3)cc1N2. The van der Waals surface area contributed by atoms with Gasteiger partial charge in [0.15, 0.2) is 17.3 Å². The summed E-state index contributed by atoms with van der Waals surface area (Å²) in [5, 5.41) is 10.2. The second-order valence-electron chi connectivity index (χ2n) is 11.4. The van der Waals surface area contributed by atoms with Crippen LogP contribution in [0.4, 0.5) is 11.5 Å². The molecule has 3 aliphatic heterocycles. The van der Waals surface area contributed by atoms with Crippen LogP contribution in [-0.4, -0.2) is 60.3 Å². The van der Waals surface area contributed by atoms with Crippen LogP contribution in [0.15, 0.2) is 29.2 Å². The van der Waals surface area contributed by atoms with Gasteiger partial charge in [0.2, 0.25) is 0 Å². The minimum absolute atomic E-state index is 0.174. The highest BCUT2D eigenvalue weighted by atomic mass is 16.5. The van der Waals surface area contributed by atoms with E-state index in [0.717, 1.165) is 69.2 Å². The molecule has 8 heteroatoms. The number of unbranched alkanes of at least 4 members (excludes halogenated alkanes) is 1. The van der Waals surface area contributed by atoms with Gasteiger partial charge in [-0.3, -0.25) is 4.57 Å². The van der Waals surface area contributed by atoms with Crippen LogP contribution in [0.25, 0.3) is 0 Å². The highest BCUT2D eigenvalue weighted by Gasteiger charge is 2.27. The van der Waals surface area contributed by atoms with Crippen LogP contribution in [0.3, 0.4) is 0 Å². The molecule has 0 amide bonds. The first-order valence-corrected chi connectivity index (χ1v) is 14.6. The molecule has 2 saturated heterocycles. The fraction of sp³-hybridized carbons (Fsp3) is 0.655. The number of piperazine rings is 1. The summed E-state index contributed by atoms with van der Waals surface area (Å²) in [6.45, 7) is 8.02. The second-order valence-corrected chi connectivity index (χ2v) is 11.4. The Balaban J connectivity index is 1.03. The van der Waals surface area contributed by atoms with E-state index in [9.17, 15) is 4.79 Å². The maximum atomic E-state index is 13.0. The Morgan fingerprint density at radius 1 is 0.919 bits per heavy atom. The van der Waals surface area contributed by atoms with Crippen LogP contribution < -0.4 is 26.4 Å². The maximum absolute atomic E-state index is 13.0. The first-order chi connectivity index (χ1) is 18.2. The number of aromatic nitrogens is 2. The quantitative estimate of drug-likeness (QED) is 0.411. The molecule has 4 aliphatic rings. The highest BCUT2D eigenvalue weighted by molar-refractivity contribution is 5.73. The summed E-state index contributed by atoms with van der Waals surface area (Å²) in [5.74, 6) is 3.35. The molecular formula is C29H42N6O2. The maximum Gasteiger partial charge on any atom is 0.350 e. The molecule has 3 N–H and O–H groups in total. The van der Waals surface area contributed by atoms with Gasteiger partial charge in [-0.25, -0.2) is 4.79 Å². The molecular weight excluding hydrogens is 464 g/mol. The van der Waals surface area contributed by atoms with Gasteiger partial charge in [-0.05, 0) is 94.1 Å². The molecule has 1 aromatic heterocycles. The highest BCUT2D eigenvalue weighted by Crippen LogP contribution is 2.43. The zero-order valence-electron chi connectivity index (χ0n) is 22.0. The standard InChI is InChI=1S/C29H42N6O2/c36-29-33-28-27(37-26-9-6-23(19-25(26)32-28)22-10-12-30-13-11-22)20-35(29)24-7-4-21(5-8-24)3-1-2-16-34-17-14-31-15-18-34/h6,9,19-22,24,30-31H,1-5,7-8,10-18H2,(H,32,33,36). The lowest BCUT2D eigenvalue weighted by atomic mass is 9.83. The predicted molar refractivity (Wildman–Crippen MR) is 147 cm³/mol. The van der Waals surface area contributed by atoms with Crippen molar-refractivity contribution in [2.75, 3.05) is 51.1 Å². The van der Waals surface area contributed by atoms with Gasteiger partial charge in [0, 0.05) is 32.2 Å². The lowest BCUT2D eigenvalue weighted by molar-refractivity contribution is 0.224. The molecule has 0 radical (unpaired) electrons. The minimum atomic E-state index is -0.174. The van der Waals surface area contributed by atoms with Gasteiger partial charge in [0.05, 0.1) is 11.9 Å². The number of piperidine rings is 1. The molecule has 2 aromatic rings. The van der Waals surface area contributed by atoms with Crippen LogP contribution in [0.5, 0.6) is 11.5 Å². The molecule has 0 spiro atoms. The number of nitrogens with zero attached hydrogens (tertiary/aromatic N) is 3. The lowest BCUT2D eigenvalue weighted by Gasteiger charge is -2.31. The monoisotopic (exact) mass is 506 g/mol. The largest absolute Gasteiger partial charge is 0.450 e. The Morgan fingerprint density at radius 2 is 1.70 bits per heavy atom. The first-order valence-electron chi connectivity index (χ1n) is 14.6. The van der Waals surface area contributed by atoms with E-state index in [1.165, 1.54) is 57.3 Å². The van der Waals surface area contributed by atoms with Crippen LogP contribution in [0.1, 0.15) is 75.3 Å². The van der Waals surface area contributed by atoms with Crippen LogP contribution in [0.2, 0.25) is 0 Å². The fourth-order valence-corrected chi connectivity index (χ4v) is 6.68. The van der Waals surface area contributed by atoms with Gasteiger partial charge in [-0.1, -0.05) is 18.9 Å². The number of hydrogen-bond donors (Lipinski definition) is 3. The van der Waals surface area contributed by atoms with Gasteiger partial charge < -0.3 is 25.6 Å². The summed E-state index contributed by atoms with van der Waals surface area (Å²) in [7, 11) is 0. The van der Waals surface area contributed by atoms with E-state index >= 15 is 0 Å². The van der Waals surface area contributed by atoms with Crippen molar-refractivity contribution in [3.8, 4) is 11.5 Å². The van der Waals surface area contributed by atoms with E-state index in [1.807, 2.05) is 10.8 Å². The predicted octanol–water partition coefficient (Wildman–Crippen LogP) is 4.37. The molecule has 4 heterocycles. The van der Waals surface area contributed by atoms with Gasteiger partial charge >= 0.3 is 5.69 Å². The van der Waals surface area contributed by atoms with Crippen LogP contribution >= 0.6 is 0 Å². The summed E-state index contributed by atoms with van der Waals surface area (Å²) in [6, 6.07) is 6.64. The topological polar surface area (TPSA) is 83.5 Å². The summed E-state index contributed by atoms with van der Waals surface area (Å²) >= 11 is 0. The minimum Gasteiger partial charge on any atom is -0.450 e. The molecule has 0 unspecified atom stereocenters. The Morgan fingerprint density at radius 3 is 2.51 bits per heavy atom. The van der Waals surface area contributed by atoms with Crippen LogP contribution in [0, 0.1) is 5.92 Å². The van der Waals surface area contributed by atoms with E-state index in [-0.39, 0.29) is 11.7 Å². The van der Waals surface area contributed by atoms with Crippen molar-refractivity contribution in [1.29, 1.82) is 0 Å². The van der Waals surface area contributed by atoms with Gasteiger partial charge in [-0.15, -0.1) is 0 Å². The Kier molecular flexibility index (Phi) is 7.76. The molecule has 1 saturated carbocycles. The zero-order chi connectivity index (χ0) is 25.0. The van der Waals surface area contributed by atoms with Crippen molar-refractivity contribution in [1.82, 2.24) is 25.1 Å². The van der Waals surface area contributed by atoms with E-state index < -0.39 is 0 Å². The zero-order valence-corrected chi connectivity index (χ0v) is 22.0. The number of fused-ring (bicyclic) bond motifs is 2. The first kappa shape index (κ1) is 24.9. The number of benzene rings is 1. The molecule has 6 rings (SSSR count). The van der Waals surface area contributed by atoms with Crippen molar-refractivity contribution in [2.24, 2.45) is 5.92 Å². The van der Waals surface area contributed by atoms with Crippen molar-refractivity contribution in [3.05, 3.63) is 40.4 Å². The second kappa shape index (κ2) is 11.5. The van der Waals surface area contributed by atoms with Crippen molar-refractivity contribution < 1.29 is 4.74 Å². The lowest BCUT2D eigenvalue weighted by Crippen LogP contribution is -2.43.